The molecule has 67 heavy (non-hydrogen) atoms. The molecule has 12 rings (SSSR count). The van der Waals surface area contributed by atoms with E-state index < -0.39 is 0 Å². The van der Waals surface area contributed by atoms with E-state index in [0.29, 0.717) is 0 Å². The number of fused-ring (bicyclic) bond motifs is 6. The number of para-hydroxylation sites is 3. The molecule has 0 spiro atoms. The fourth-order valence-electron chi connectivity index (χ4n) is 10.8. The van der Waals surface area contributed by atoms with Crippen molar-refractivity contribution in [2.45, 2.75) is 33.1 Å². The van der Waals surface area contributed by atoms with Crippen LogP contribution in [0.15, 0.2) is 231 Å². The highest BCUT2D eigenvalue weighted by atomic mass is 15.1. The molecule has 0 saturated carbocycles. The minimum absolute atomic E-state index is 0.0866. The molecule has 11 aromatic rings. The summed E-state index contributed by atoms with van der Waals surface area (Å²) in [7, 11) is 0. The Balaban J connectivity index is 0.946. The molecule has 2 heteroatoms. The molecule has 1 aromatic heterocycles. The summed E-state index contributed by atoms with van der Waals surface area (Å²) >= 11 is 0. The smallest absolute Gasteiger partial charge is 0.0541 e. The zero-order chi connectivity index (χ0) is 45.2. The molecule has 320 valence electrons. The van der Waals surface area contributed by atoms with E-state index in [2.05, 4.69) is 268 Å². The van der Waals surface area contributed by atoms with Crippen LogP contribution >= 0.6 is 0 Å². The standard InChI is InChI=1S/C65H50N2/c1-43-16-8-9-19-55(43)56-36-28-46(38-44(56)2)49-39-48(40-50(41-49)47-29-37-58-57-20-10-13-23-61(57)65(3,4)62(58)42-47)45-26-30-52(31-27-45)66(51-17-6-5-7-18-51)53-32-34-54(35-33-53)67-63-24-14-11-21-59(63)60-22-12-15-25-64(60)67/h5-42H,1-4H3. The van der Waals surface area contributed by atoms with Crippen LogP contribution < -0.4 is 4.90 Å². The normalized spacial score (nSPS) is 12.6. The number of aromatic nitrogens is 1. The van der Waals surface area contributed by atoms with Crippen molar-refractivity contribution in [2.24, 2.45) is 0 Å². The zero-order valence-corrected chi connectivity index (χ0v) is 38.3. The maximum atomic E-state index is 2.44. The molecule has 0 aliphatic heterocycles. The Morgan fingerprint density at radius 1 is 0.328 bits per heavy atom. The number of nitrogens with zero attached hydrogens (tertiary/aromatic N) is 2. The van der Waals surface area contributed by atoms with Crippen molar-refractivity contribution in [2.75, 3.05) is 4.90 Å². The van der Waals surface area contributed by atoms with Crippen LogP contribution in [0.2, 0.25) is 0 Å². The van der Waals surface area contributed by atoms with Gasteiger partial charge in [0.1, 0.15) is 0 Å². The number of anilines is 3. The minimum Gasteiger partial charge on any atom is -0.311 e. The van der Waals surface area contributed by atoms with Crippen molar-refractivity contribution in [3.8, 4) is 61.3 Å². The van der Waals surface area contributed by atoms with Crippen molar-refractivity contribution in [1.82, 2.24) is 4.57 Å². The molecule has 0 unspecified atom stereocenters. The molecular weight excluding hydrogens is 809 g/mol. The third-order valence-corrected chi connectivity index (χ3v) is 14.3. The first-order valence-electron chi connectivity index (χ1n) is 23.4. The molecule has 0 radical (unpaired) electrons. The van der Waals surface area contributed by atoms with Crippen LogP contribution in [0, 0.1) is 13.8 Å². The highest BCUT2D eigenvalue weighted by molar-refractivity contribution is 6.09. The Kier molecular flexibility index (Phi) is 9.66. The Morgan fingerprint density at radius 2 is 0.791 bits per heavy atom. The van der Waals surface area contributed by atoms with Crippen LogP contribution in [-0.2, 0) is 5.41 Å². The largest absolute Gasteiger partial charge is 0.311 e. The van der Waals surface area contributed by atoms with Gasteiger partial charge in [-0.15, -0.1) is 0 Å². The average Bonchev–Trinajstić information content (AvgIpc) is 3.83. The van der Waals surface area contributed by atoms with E-state index in [1.807, 2.05) is 0 Å². The van der Waals surface area contributed by atoms with Crippen LogP contribution in [0.4, 0.5) is 17.1 Å². The minimum atomic E-state index is -0.0866. The second kappa shape index (κ2) is 16.0. The predicted octanol–water partition coefficient (Wildman–Crippen LogP) is 17.8. The molecule has 0 saturated heterocycles. The van der Waals surface area contributed by atoms with E-state index in [-0.39, 0.29) is 5.41 Å². The maximum absolute atomic E-state index is 2.44. The molecule has 1 aliphatic rings. The first-order chi connectivity index (χ1) is 32.8. The first-order valence-corrected chi connectivity index (χ1v) is 23.4. The van der Waals surface area contributed by atoms with Crippen molar-refractivity contribution >= 4 is 38.9 Å². The topological polar surface area (TPSA) is 8.17 Å². The molecule has 1 aliphatic carbocycles. The summed E-state index contributed by atoms with van der Waals surface area (Å²) in [6, 6.07) is 85.0. The Bertz CT molecular complexity index is 3610. The second-order valence-electron chi connectivity index (χ2n) is 18.7. The Hall–Kier alpha value is -8.20. The monoisotopic (exact) mass is 858 g/mol. The van der Waals surface area contributed by atoms with Gasteiger partial charge in [0.05, 0.1) is 11.0 Å². The molecular formula is C65H50N2. The van der Waals surface area contributed by atoms with E-state index in [4.69, 9.17) is 0 Å². The van der Waals surface area contributed by atoms with Crippen LogP contribution in [0.3, 0.4) is 0 Å². The lowest BCUT2D eigenvalue weighted by molar-refractivity contribution is 0.660. The number of benzene rings is 10. The molecule has 0 fully saturated rings. The Morgan fingerprint density at radius 3 is 1.43 bits per heavy atom. The van der Waals surface area contributed by atoms with Crippen LogP contribution in [0.1, 0.15) is 36.1 Å². The van der Waals surface area contributed by atoms with Gasteiger partial charge in [0.15, 0.2) is 0 Å². The van der Waals surface area contributed by atoms with Gasteiger partial charge in [0.25, 0.3) is 0 Å². The summed E-state index contributed by atoms with van der Waals surface area (Å²) in [6.07, 6.45) is 0. The first kappa shape index (κ1) is 40.3. The van der Waals surface area contributed by atoms with Crippen molar-refractivity contribution in [3.05, 3.63) is 253 Å². The van der Waals surface area contributed by atoms with Gasteiger partial charge in [-0.1, -0.05) is 159 Å². The van der Waals surface area contributed by atoms with Crippen LogP contribution in [0.25, 0.3) is 83.1 Å². The number of aryl methyl sites for hydroxylation is 2. The average molecular weight is 859 g/mol. The molecule has 2 nitrogen and oxygen atoms in total. The van der Waals surface area contributed by atoms with Gasteiger partial charge in [-0.25, -0.2) is 0 Å². The van der Waals surface area contributed by atoms with E-state index in [1.165, 1.54) is 99.7 Å². The Labute approximate surface area is 393 Å². The maximum Gasteiger partial charge on any atom is 0.0541 e. The van der Waals surface area contributed by atoms with E-state index in [1.54, 1.807) is 0 Å². The van der Waals surface area contributed by atoms with Crippen LogP contribution in [-0.4, -0.2) is 4.57 Å². The second-order valence-corrected chi connectivity index (χ2v) is 18.7. The highest BCUT2D eigenvalue weighted by Crippen LogP contribution is 2.50. The lowest BCUT2D eigenvalue weighted by Crippen LogP contribution is -2.14. The fraction of sp³-hybridized carbons (Fsp3) is 0.0769. The third-order valence-electron chi connectivity index (χ3n) is 14.3. The summed E-state index contributed by atoms with van der Waals surface area (Å²) in [5.74, 6) is 0. The number of hydrogen-bond acceptors (Lipinski definition) is 1. The van der Waals surface area contributed by atoms with Gasteiger partial charge in [-0.05, 0) is 177 Å². The van der Waals surface area contributed by atoms with Crippen molar-refractivity contribution < 1.29 is 0 Å². The molecule has 10 aromatic carbocycles. The van der Waals surface area contributed by atoms with Gasteiger partial charge < -0.3 is 9.47 Å². The highest BCUT2D eigenvalue weighted by Gasteiger charge is 2.35. The number of hydrogen-bond donors (Lipinski definition) is 0. The molecule has 0 amide bonds. The third kappa shape index (κ3) is 6.87. The lowest BCUT2D eigenvalue weighted by Gasteiger charge is -2.26. The van der Waals surface area contributed by atoms with E-state index >= 15 is 0 Å². The van der Waals surface area contributed by atoms with Gasteiger partial charge in [0, 0.05) is 38.9 Å². The van der Waals surface area contributed by atoms with E-state index in [0.717, 1.165) is 22.7 Å². The van der Waals surface area contributed by atoms with Gasteiger partial charge in [0.2, 0.25) is 0 Å². The number of rotatable bonds is 8. The summed E-state index contributed by atoms with van der Waals surface area (Å²) in [6.45, 7) is 9.17. The van der Waals surface area contributed by atoms with Crippen molar-refractivity contribution in [1.29, 1.82) is 0 Å². The fourth-order valence-corrected chi connectivity index (χ4v) is 10.8. The van der Waals surface area contributed by atoms with Crippen LogP contribution in [0.5, 0.6) is 0 Å². The molecule has 0 atom stereocenters. The summed E-state index contributed by atoms with van der Waals surface area (Å²) in [4.78, 5) is 2.35. The van der Waals surface area contributed by atoms with Gasteiger partial charge in [-0.3, -0.25) is 0 Å². The summed E-state index contributed by atoms with van der Waals surface area (Å²) in [5.41, 5.74) is 24.5. The summed E-state index contributed by atoms with van der Waals surface area (Å²) < 4.78 is 2.38. The predicted molar refractivity (Wildman–Crippen MR) is 284 cm³/mol. The lowest BCUT2D eigenvalue weighted by atomic mass is 9.81. The summed E-state index contributed by atoms with van der Waals surface area (Å²) in [5, 5.41) is 2.53. The quantitative estimate of drug-likeness (QED) is 0.148. The van der Waals surface area contributed by atoms with Gasteiger partial charge in [-0.2, -0.15) is 0 Å². The van der Waals surface area contributed by atoms with E-state index in [9.17, 15) is 0 Å². The molecule has 0 N–H and O–H groups in total. The molecule has 0 bridgehead atoms. The van der Waals surface area contributed by atoms with Crippen molar-refractivity contribution in [3.63, 3.8) is 0 Å². The molecule has 1 heterocycles. The zero-order valence-electron chi connectivity index (χ0n) is 38.3. The van der Waals surface area contributed by atoms with Gasteiger partial charge >= 0.3 is 0 Å². The SMILES string of the molecule is Cc1ccccc1-c1ccc(-c2cc(-c3ccc(N(c4ccccc4)c4ccc(-n5c6ccccc6c6ccccc65)cc4)cc3)cc(-c3ccc4c(c3)C(C)(C)c3ccccc3-4)c2)cc1C.